The normalized spacial score (nSPS) is 15.9. The van der Waals surface area contributed by atoms with Gasteiger partial charge in [-0.2, -0.15) is 0 Å². The van der Waals surface area contributed by atoms with Gasteiger partial charge >= 0.3 is 0 Å². The number of hydrogen-bond donors (Lipinski definition) is 1. The molecule has 1 rings (SSSR count). The number of carbonyl (C=O) groups is 1. The van der Waals surface area contributed by atoms with Gasteiger partial charge in [0.2, 0.25) is 3.79 Å². The van der Waals surface area contributed by atoms with Crippen LogP contribution in [-0.2, 0) is 10.4 Å². The van der Waals surface area contributed by atoms with E-state index < -0.39 is 14.8 Å². The molecule has 0 spiro atoms. The number of carbonyl (C=O) groups excluding carboxylic acids is 1. The maximum Gasteiger partial charge on any atom is 0.223 e. The molecule has 2 nitrogen and oxygen atoms in total. The Kier molecular flexibility index (Phi) is 4.95. The standard InChI is InChI=1S/C14H17Cl3O2/c1-12(2,3)11(18)9-13(19,14(15,16)17)10-7-5-4-6-8-10/h4-8,19H,9H2,1-3H3/t13-/m1/s1. The summed E-state index contributed by atoms with van der Waals surface area (Å²) in [5, 5.41) is 10.7. The van der Waals surface area contributed by atoms with Crippen molar-refractivity contribution in [2.24, 2.45) is 5.41 Å². The first kappa shape index (κ1) is 16.8. The van der Waals surface area contributed by atoms with Crippen LogP contribution in [0.25, 0.3) is 0 Å². The predicted molar refractivity (Wildman–Crippen MR) is 79.7 cm³/mol. The van der Waals surface area contributed by atoms with E-state index in [4.69, 9.17) is 34.8 Å². The quantitative estimate of drug-likeness (QED) is 0.844. The van der Waals surface area contributed by atoms with E-state index in [2.05, 4.69) is 0 Å². The van der Waals surface area contributed by atoms with E-state index in [9.17, 15) is 9.90 Å². The van der Waals surface area contributed by atoms with Crippen molar-refractivity contribution in [3.63, 3.8) is 0 Å². The van der Waals surface area contributed by atoms with E-state index in [0.717, 1.165) is 0 Å². The van der Waals surface area contributed by atoms with Crippen LogP contribution in [0.4, 0.5) is 0 Å². The first-order valence-electron chi connectivity index (χ1n) is 5.86. The maximum absolute atomic E-state index is 12.2. The lowest BCUT2D eigenvalue weighted by Crippen LogP contribution is -2.43. The minimum atomic E-state index is -1.99. The molecule has 0 amide bonds. The second-order valence-electron chi connectivity index (χ2n) is 5.57. The molecular weight excluding hydrogens is 307 g/mol. The second kappa shape index (κ2) is 5.61. The molecule has 0 saturated heterocycles. The highest BCUT2D eigenvalue weighted by molar-refractivity contribution is 6.68. The van der Waals surface area contributed by atoms with E-state index in [1.807, 2.05) is 0 Å². The van der Waals surface area contributed by atoms with E-state index in [0.29, 0.717) is 5.56 Å². The summed E-state index contributed by atoms with van der Waals surface area (Å²) < 4.78 is -1.99. The first-order valence-corrected chi connectivity index (χ1v) is 7.00. The molecule has 0 unspecified atom stereocenters. The number of ketones is 1. The molecule has 1 aromatic carbocycles. The van der Waals surface area contributed by atoms with E-state index in [1.165, 1.54) is 0 Å². The van der Waals surface area contributed by atoms with Crippen molar-refractivity contribution in [3.8, 4) is 0 Å². The monoisotopic (exact) mass is 322 g/mol. The lowest BCUT2D eigenvalue weighted by Gasteiger charge is -2.36. The molecule has 0 heterocycles. The summed E-state index contributed by atoms with van der Waals surface area (Å²) in [4.78, 5) is 12.2. The number of benzene rings is 1. The van der Waals surface area contributed by atoms with Crippen molar-refractivity contribution >= 4 is 40.6 Å². The van der Waals surface area contributed by atoms with Gasteiger partial charge in [-0.1, -0.05) is 85.9 Å². The third-order valence-electron chi connectivity index (χ3n) is 2.97. The van der Waals surface area contributed by atoms with Gasteiger partial charge in [0.1, 0.15) is 11.4 Å². The largest absolute Gasteiger partial charge is 0.380 e. The minimum Gasteiger partial charge on any atom is -0.380 e. The van der Waals surface area contributed by atoms with Crippen LogP contribution in [-0.4, -0.2) is 14.7 Å². The molecule has 0 bridgehead atoms. The molecule has 0 aliphatic heterocycles. The Morgan fingerprint density at radius 1 is 1.11 bits per heavy atom. The maximum atomic E-state index is 12.2. The molecule has 0 aliphatic rings. The SMILES string of the molecule is CC(C)(C)C(=O)C[C@@](O)(c1ccccc1)C(Cl)(Cl)Cl. The van der Waals surface area contributed by atoms with Gasteiger partial charge in [-0.05, 0) is 5.56 Å². The molecule has 0 fully saturated rings. The number of hydrogen-bond acceptors (Lipinski definition) is 2. The fourth-order valence-corrected chi connectivity index (χ4v) is 2.11. The van der Waals surface area contributed by atoms with E-state index in [-0.39, 0.29) is 12.2 Å². The Morgan fingerprint density at radius 3 is 1.95 bits per heavy atom. The summed E-state index contributed by atoms with van der Waals surface area (Å²) in [5.74, 6) is -0.176. The van der Waals surface area contributed by atoms with Crippen LogP contribution in [0.5, 0.6) is 0 Å². The van der Waals surface area contributed by atoms with Crippen molar-refractivity contribution in [2.75, 3.05) is 0 Å². The Labute approximate surface area is 128 Å². The van der Waals surface area contributed by atoms with Gasteiger partial charge < -0.3 is 5.11 Å². The number of aliphatic hydroxyl groups is 1. The van der Waals surface area contributed by atoms with Crippen molar-refractivity contribution in [1.29, 1.82) is 0 Å². The summed E-state index contributed by atoms with van der Waals surface area (Å²) >= 11 is 17.7. The summed E-state index contributed by atoms with van der Waals surface area (Å²) in [6, 6.07) is 8.50. The molecular formula is C14H17Cl3O2. The summed E-state index contributed by atoms with van der Waals surface area (Å²) in [7, 11) is 0. The van der Waals surface area contributed by atoms with Crippen molar-refractivity contribution in [2.45, 2.75) is 36.6 Å². The molecule has 0 saturated carbocycles. The minimum absolute atomic E-state index is 0.176. The molecule has 0 aromatic heterocycles. The summed E-state index contributed by atoms with van der Waals surface area (Å²) in [5.41, 5.74) is -2.05. The van der Waals surface area contributed by atoms with E-state index in [1.54, 1.807) is 51.1 Å². The number of halogens is 3. The Bertz CT molecular complexity index is 446. The first-order chi connectivity index (χ1) is 8.48. The van der Waals surface area contributed by atoms with E-state index >= 15 is 0 Å². The van der Waals surface area contributed by atoms with Gasteiger partial charge in [-0.15, -0.1) is 0 Å². The fraction of sp³-hybridized carbons (Fsp3) is 0.500. The van der Waals surface area contributed by atoms with Crippen LogP contribution in [0.15, 0.2) is 30.3 Å². The molecule has 1 aromatic rings. The van der Waals surface area contributed by atoms with Crippen LogP contribution < -0.4 is 0 Å². The van der Waals surface area contributed by atoms with Crippen LogP contribution in [0.3, 0.4) is 0 Å². The fourth-order valence-electron chi connectivity index (χ4n) is 1.58. The zero-order valence-electron chi connectivity index (χ0n) is 11.1. The van der Waals surface area contributed by atoms with Crippen LogP contribution in [0.1, 0.15) is 32.8 Å². The average molecular weight is 324 g/mol. The van der Waals surface area contributed by atoms with Crippen LogP contribution in [0.2, 0.25) is 0 Å². The Balaban J connectivity index is 3.21. The molecule has 0 radical (unpaired) electrons. The smallest absolute Gasteiger partial charge is 0.223 e. The van der Waals surface area contributed by atoms with Gasteiger partial charge in [-0.25, -0.2) is 0 Å². The van der Waals surface area contributed by atoms with Gasteiger partial charge in [0.25, 0.3) is 0 Å². The van der Waals surface area contributed by atoms with Crippen LogP contribution in [0, 0.1) is 5.41 Å². The zero-order chi connectivity index (χ0) is 14.9. The van der Waals surface area contributed by atoms with Crippen molar-refractivity contribution in [3.05, 3.63) is 35.9 Å². The van der Waals surface area contributed by atoms with Gasteiger partial charge in [0.05, 0.1) is 0 Å². The highest BCUT2D eigenvalue weighted by Gasteiger charge is 2.50. The second-order valence-corrected chi connectivity index (χ2v) is 7.86. The summed E-state index contributed by atoms with van der Waals surface area (Å²) in [6.07, 6.45) is -0.253. The molecule has 1 atom stereocenters. The average Bonchev–Trinajstić information content (AvgIpc) is 2.27. The summed E-state index contributed by atoms with van der Waals surface area (Å²) in [6.45, 7) is 5.29. The Hall–Kier alpha value is -0.280. The molecule has 5 heteroatoms. The highest BCUT2D eigenvalue weighted by Crippen LogP contribution is 2.48. The van der Waals surface area contributed by atoms with Crippen molar-refractivity contribution < 1.29 is 9.90 Å². The molecule has 19 heavy (non-hydrogen) atoms. The third kappa shape index (κ3) is 3.85. The lowest BCUT2D eigenvalue weighted by molar-refractivity contribution is -0.131. The molecule has 1 N–H and O–H groups in total. The third-order valence-corrected chi connectivity index (χ3v) is 3.91. The van der Waals surface area contributed by atoms with Gasteiger partial charge in [-0.3, -0.25) is 4.79 Å². The predicted octanol–water partition coefficient (Wildman–Crippen LogP) is 4.25. The number of alkyl halides is 3. The zero-order valence-corrected chi connectivity index (χ0v) is 13.4. The molecule has 0 aliphatic carbocycles. The van der Waals surface area contributed by atoms with Crippen LogP contribution >= 0.6 is 34.8 Å². The number of Topliss-reactive ketones (excluding diaryl/α,β-unsaturated/α-hetero) is 1. The Morgan fingerprint density at radius 2 is 1.58 bits per heavy atom. The van der Waals surface area contributed by atoms with Crippen molar-refractivity contribution in [1.82, 2.24) is 0 Å². The topological polar surface area (TPSA) is 37.3 Å². The molecule has 106 valence electrons. The van der Waals surface area contributed by atoms with Gasteiger partial charge in [0.15, 0.2) is 0 Å². The lowest BCUT2D eigenvalue weighted by atomic mass is 9.81. The number of rotatable bonds is 3. The van der Waals surface area contributed by atoms with Gasteiger partial charge in [0, 0.05) is 11.8 Å². The highest BCUT2D eigenvalue weighted by atomic mass is 35.6.